The molecule has 118 valence electrons. The minimum atomic E-state index is -0.439. The second kappa shape index (κ2) is 6.13. The van der Waals surface area contributed by atoms with E-state index >= 15 is 0 Å². The average Bonchev–Trinajstić information content (AvgIpc) is 3.15. The Kier molecular flexibility index (Phi) is 4.03. The lowest BCUT2D eigenvalue weighted by Crippen LogP contribution is -2.12. The van der Waals surface area contributed by atoms with E-state index in [4.69, 9.17) is 4.74 Å². The quantitative estimate of drug-likeness (QED) is 0.684. The number of aromatic nitrogens is 2. The van der Waals surface area contributed by atoms with E-state index in [0.29, 0.717) is 11.6 Å². The molecule has 0 bridgehead atoms. The fourth-order valence-electron chi connectivity index (χ4n) is 2.11. The summed E-state index contributed by atoms with van der Waals surface area (Å²) in [5.41, 5.74) is 0.986. The Morgan fingerprint density at radius 2 is 2.13 bits per heavy atom. The minimum Gasteiger partial charge on any atom is -0.507 e. The highest BCUT2D eigenvalue weighted by molar-refractivity contribution is 7.15. The summed E-state index contributed by atoms with van der Waals surface area (Å²) in [5.74, 6) is 0.289. The molecule has 6 nitrogen and oxygen atoms in total. The maximum atomic E-state index is 12.2. The first-order valence-electron chi connectivity index (χ1n) is 6.87. The number of thiophene rings is 1. The maximum absolute atomic E-state index is 12.2. The second-order valence-corrected chi connectivity index (χ2v) is 6.20. The zero-order valence-corrected chi connectivity index (χ0v) is 13.4. The van der Waals surface area contributed by atoms with Gasteiger partial charge in [-0.05, 0) is 31.2 Å². The van der Waals surface area contributed by atoms with Gasteiger partial charge in [-0.15, -0.1) is 11.3 Å². The highest BCUT2D eigenvalue weighted by Crippen LogP contribution is 2.28. The number of anilines is 1. The van der Waals surface area contributed by atoms with Crippen molar-refractivity contribution in [3.8, 4) is 22.1 Å². The Morgan fingerprint density at radius 3 is 2.78 bits per heavy atom. The molecule has 3 N–H and O–H groups in total. The molecule has 0 aliphatic rings. The normalized spacial score (nSPS) is 10.5. The van der Waals surface area contributed by atoms with Gasteiger partial charge in [0.05, 0.1) is 23.2 Å². The molecular weight excluding hydrogens is 314 g/mol. The number of phenols is 1. The number of benzene rings is 1. The standard InChI is InChI=1S/C16H15N3O3S/c1-9-3-6-14(23-9)12-8-15(19-18-12)17-16(21)11-5-4-10(22-2)7-13(11)20/h3-8,20H,1-2H3,(H2,17,18,19,21). The van der Waals surface area contributed by atoms with Crippen LogP contribution in [-0.2, 0) is 0 Å². The van der Waals surface area contributed by atoms with Crippen molar-refractivity contribution in [3.05, 3.63) is 46.8 Å². The lowest BCUT2D eigenvalue weighted by molar-refractivity contribution is 0.102. The van der Waals surface area contributed by atoms with Crippen LogP contribution >= 0.6 is 11.3 Å². The number of carbonyl (C=O) groups is 1. The number of nitrogens with zero attached hydrogens (tertiary/aromatic N) is 1. The first kappa shape index (κ1) is 15.1. The number of methoxy groups -OCH3 is 1. The van der Waals surface area contributed by atoms with E-state index in [2.05, 4.69) is 15.5 Å². The fourth-order valence-corrected chi connectivity index (χ4v) is 2.94. The summed E-state index contributed by atoms with van der Waals surface area (Å²) in [6, 6.07) is 10.3. The van der Waals surface area contributed by atoms with Crippen LogP contribution in [0.2, 0.25) is 0 Å². The van der Waals surface area contributed by atoms with Crippen LogP contribution in [-0.4, -0.2) is 28.3 Å². The fraction of sp³-hybridized carbons (Fsp3) is 0.125. The molecule has 23 heavy (non-hydrogen) atoms. The van der Waals surface area contributed by atoms with Crippen LogP contribution in [0.4, 0.5) is 5.82 Å². The molecule has 0 aliphatic heterocycles. The third-order valence-corrected chi connectivity index (χ3v) is 4.31. The monoisotopic (exact) mass is 329 g/mol. The van der Waals surface area contributed by atoms with E-state index in [0.717, 1.165) is 10.6 Å². The average molecular weight is 329 g/mol. The topological polar surface area (TPSA) is 87.2 Å². The molecule has 2 aromatic heterocycles. The molecule has 0 saturated carbocycles. The number of rotatable bonds is 4. The Balaban J connectivity index is 1.77. The van der Waals surface area contributed by atoms with Crippen molar-refractivity contribution in [3.63, 3.8) is 0 Å². The molecule has 0 atom stereocenters. The highest BCUT2D eigenvalue weighted by Gasteiger charge is 2.14. The molecular formula is C16H15N3O3S. The molecule has 3 aromatic rings. The first-order valence-corrected chi connectivity index (χ1v) is 7.69. The predicted octanol–water partition coefficient (Wildman–Crippen LogP) is 3.41. The lowest BCUT2D eigenvalue weighted by Gasteiger charge is -2.06. The van der Waals surface area contributed by atoms with E-state index in [1.54, 1.807) is 23.5 Å². The van der Waals surface area contributed by atoms with E-state index in [1.165, 1.54) is 24.1 Å². The number of aromatic amines is 1. The molecule has 0 unspecified atom stereocenters. The summed E-state index contributed by atoms with van der Waals surface area (Å²) in [7, 11) is 1.49. The molecule has 3 rings (SSSR count). The Hall–Kier alpha value is -2.80. The van der Waals surface area contributed by atoms with Crippen molar-refractivity contribution in [1.29, 1.82) is 0 Å². The van der Waals surface area contributed by atoms with E-state index in [1.807, 2.05) is 19.1 Å². The maximum Gasteiger partial charge on any atom is 0.260 e. The van der Waals surface area contributed by atoms with Crippen molar-refractivity contribution in [1.82, 2.24) is 10.2 Å². The zero-order chi connectivity index (χ0) is 16.4. The SMILES string of the molecule is COc1ccc(C(=O)Nc2cc(-c3ccc(C)s3)[nH]n2)c(O)c1. The lowest BCUT2D eigenvalue weighted by atomic mass is 10.2. The summed E-state index contributed by atoms with van der Waals surface area (Å²) >= 11 is 1.64. The van der Waals surface area contributed by atoms with Crippen LogP contribution in [0.15, 0.2) is 36.4 Å². The molecule has 0 aliphatic carbocycles. The number of phenolic OH excluding ortho intramolecular Hbond substituents is 1. The van der Waals surface area contributed by atoms with Gasteiger partial charge in [0.15, 0.2) is 5.82 Å². The van der Waals surface area contributed by atoms with E-state index in [-0.39, 0.29) is 11.3 Å². The number of carbonyl (C=O) groups excluding carboxylic acids is 1. The summed E-state index contributed by atoms with van der Waals surface area (Å²) in [5, 5.41) is 19.5. The van der Waals surface area contributed by atoms with Crippen molar-refractivity contribution >= 4 is 23.1 Å². The van der Waals surface area contributed by atoms with Gasteiger partial charge in [0.1, 0.15) is 11.5 Å². The molecule has 0 fully saturated rings. The molecule has 7 heteroatoms. The minimum absolute atomic E-state index is 0.147. The van der Waals surface area contributed by atoms with E-state index in [9.17, 15) is 9.90 Å². The van der Waals surface area contributed by atoms with Gasteiger partial charge in [0.2, 0.25) is 0 Å². The van der Waals surface area contributed by atoms with Gasteiger partial charge in [0, 0.05) is 17.0 Å². The van der Waals surface area contributed by atoms with Crippen molar-refractivity contribution < 1.29 is 14.6 Å². The number of aryl methyl sites for hydroxylation is 1. The number of H-pyrrole nitrogens is 1. The van der Waals surface area contributed by atoms with Gasteiger partial charge < -0.3 is 15.2 Å². The zero-order valence-electron chi connectivity index (χ0n) is 12.6. The smallest absolute Gasteiger partial charge is 0.260 e. The van der Waals surface area contributed by atoms with E-state index < -0.39 is 5.91 Å². The third-order valence-electron chi connectivity index (χ3n) is 3.27. The number of aromatic hydroxyl groups is 1. The number of hydrogen-bond donors (Lipinski definition) is 3. The molecule has 1 amide bonds. The first-order chi connectivity index (χ1) is 11.1. The van der Waals surface area contributed by atoms with Gasteiger partial charge in [-0.25, -0.2) is 0 Å². The summed E-state index contributed by atoms with van der Waals surface area (Å²) < 4.78 is 4.99. The summed E-state index contributed by atoms with van der Waals surface area (Å²) in [6.45, 7) is 2.03. The Labute approximate surface area is 136 Å². The van der Waals surface area contributed by atoms with Crippen LogP contribution in [0.25, 0.3) is 10.6 Å². The molecule has 1 aromatic carbocycles. The summed E-state index contributed by atoms with van der Waals surface area (Å²) in [6.07, 6.45) is 0. The highest BCUT2D eigenvalue weighted by atomic mass is 32.1. The number of hydrogen-bond acceptors (Lipinski definition) is 5. The molecule has 0 spiro atoms. The van der Waals surface area contributed by atoms with Crippen molar-refractivity contribution in [2.45, 2.75) is 6.92 Å². The second-order valence-electron chi connectivity index (χ2n) is 4.91. The van der Waals surface area contributed by atoms with Crippen LogP contribution in [0.5, 0.6) is 11.5 Å². The third kappa shape index (κ3) is 3.19. The number of amides is 1. The largest absolute Gasteiger partial charge is 0.507 e. The van der Waals surface area contributed by atoms with Crippen LogP contribution in [0.3, 0.4) is 0 Å². The summed E-state index contributed by atoms with van der Waals surface area (Å²) in [4.78, 5) is 14.5. The molecule has 0 radical (unpaired) electrons. The van der Waals surface area contributed by atoms with Gasteiger partial charge in [-0.2, -0.15) is 5.10 Å². The predicted molar refractivity (Wildman–Crippen MR) is 89.2 cm³/mol. The van der Waals surface area contributed by atoms with Gasteiger partial charge in [0.25, 0.3) is 5.91 Å². The molecule has 2 heterocycles. The van der Waals surface area contributed by atoms with Crippen LogP contribution in [0.1, 0.15) is 15.2 Å². The Morgan fingerprint density at radius 1 is 1.30 bits per heavy atom. The number of nitrogens with one attached hydrogen (secondary N) is 2. The van der Waals surface area contributed by atoms with Crippen LogP contribution < -0.4 is 10.1 Å². The van der Waals surface area contributed by atoms with Gasteiger partial charge in [-0.1, -0.05) is 0 Å². The van der Waals surface area contributed by atoms with Gasteiger partial charge in [-0.3, -0.25) is 9.89 Å². The van der Waals surface area contributed by atoms with Gasteiger partial charge >= 0.3 is 0 Å². The number of ether oxygens (including phenoxy) is 1. The van der Waals surface area contributed by atoms with Crippen molar-refractivity contribution in [2.75, 3.05) is 12.4 Å². The molecule has 0 saturated heterocycles. The van der Waals surface area contributed by atoms with Crippen molar-refractivity contribution in [2.24, 2.45) is 0 Å². The Bertz CT molecular complexity index is 854. The van der Waals surface area contributed by atoms with Crippen LogP contribution in [0, 0.1) is 6.92 Å².